The lowest BCUT2D eigenvalue weighted by Crippen LogP contribution is -2.46. The fourth-order valence-corrected chi connectivity index (χ4v) is 2.55. The number of aromatic amines is 1. The summed E-state index contributed by atoms with van der Waals surface area (Å²) in [7, 11) is 0. The zero-order valence-electron chi connectivity index (χ0n) is 11.4. The number of fused-ring (bicyclic) bond motifs is 1. The van der Waals surface area contributed by atoms with Gasteiger partial charge in [0.15, 0.2) is 0 Å². The normalized spacial score (nSPS) is 19.4. The molecule has 3 rings (SSSR count). The van der Waals surface area contributed by atoms with Gasteiger partial charge < -0.3 is 15.4 Å². The Balaban J connectivity index is 2.08. The van der Waals surface area contributed by atoms with Crippen LogP contribution in [-0.2, 0) is 4.74 Å². The molecule has 1 aliphatic heterocycles. The van der Waals surface area contributed by atoms with Crippen molar-refractivity contribution in [2.75, 3.05) is 30.4 Å². The molecule has 0 saturated carbocycles. The Hall–Kier alpha value is -2.08. The van der Waals surface area contributed by atoms with Crippen molar-refractivity contribution in [1.82, 2.24) is 9.97 Å². The third-order valence-electron chi connectivity index (χ3n) is 3.69. The highest BCUT2D eigenvalue weighted by Crippen LogP contribution is 2.19. The Morgan fingerprint density at radius 1 is 1.55 bits per heavy atom. The second-order valence-corrected chi connectivity index (χ2v) is 5.00. The van der Waals surface area contributed by atoms with Crippen molar-refractivity contribution < 1.29 is 4.74 Å². The number of morpholine rings is 1. The number of rotatable bonds is 2. The predicted molar refractivity (Wildman–Crippen MR) is 79.0 cm³/mol. The minimum Gasteiger partial charge on any atom is -0.399 e. The van der Waals surface area contributed by atoms with Gasteiger partial charge >= 0.3 is 0 Å². The summed E-state index contributed by atoms with van der Waals surface area (Å²) in [5, 5.41) is 0.523. The third kappa shape index (κ3) is 2.22. The molecule has 1 atom stereocenters. The van der Waals surface area contributed by atoms with Gasteiger partial charge in [-0.2, -0.15) is 0 Å². The van der Waals surface area contributed by atoms with Crippen molar-refractivity contribution in [2.24, 2.45) is 0 Å². The minimum absolute atomic E-state index is 0.154. The van der Waals surface area contributed by atoms with E-state index in [4.69, 9.17) is 10.5 Å². The molecular weight excluding hydrogens is 256 g/mol. The van der Waals surface area contributed by atoms with E-state index in [-0.39, 0.29) is 11.6 Å². The lowest BCUT2D eigenvalue weighted by molar-refractivity contribution is 0.0921. The largest absolute Gasteiger partial charge is 0.399 e. The van der Waals surface area contributed by atoms with Gasteiger partial charge in [0.2, 0.25) is 5.95 Å². The second-order valence-electron chi connectivity index (χ2n) is 5.00. The van der Waals surface area contributed by atoms with Crippen LogP contribution >= 0.6 is 0 Å². The number of nitrogen functional groups attached to an aromatic ring is 1. The summed E-state index contributed by atoms with van der Waals surface area (Å²) < 4.78 is 5.48. The molecule has 2 heterocycles. The topological polar surface area (TPSA) is 84.2 Å². The lowest BCUT2D eigenvalue weighted by Gasteiger charge is -2.35. The molecule has 1 unspecified atom stereocenters. The molecule has 0 aliphatic carbocycles. The predicted octanol–water partition coefficient (Wildman–Crippen LogP) is 1.12. The summed E-state index contributed by atoms with van der Waals surface area (Å²) in [6, 6.07) is 5.44. The highest BCUT2D eigenvalue weighted by molar-refractivity contribution is 5.81. The summed E-state index contributed by atoms with van der Waals surface area (Å²) in [6.07, 6.45) is 0.948. The molecule has 1 aliphatic rings. The van der Waals surface area contributed by atoms with E-state index in [1.807, 2.05) is 0 Å². The number of ether oxygens (including phenoxy) is 1. The molecule has 6 heteroatoms. The molecule has 20 heavy (non-hydrogen) atoms. The standard InChI is InChI=1S/C14H18N4O2/c1-2-10-8-20-6-5-18(10)14-16-12-4-3-9(15)7-11(12)13(19)17-14/h3-4,7,10H,2,5-6,8,15H2,1H3,(H,16,17,19). The number of nitrogens with one attached hydrogen (secondary N) is 1. The van der Waals surface area contributed by atoms with Crippen LogP contribution in [0.5, 0.6) is 0 Å². The molecule has 1 saturated heterocycles. The first kappa shape index (κ1) is 12.9. The SMILES string of the molecule is CCC1COCCN1c1nc2ccc(N)cc2c(=O)[nH]1. The van der Waals surface area contributed by atoms with Gasteiger partial charge in [0.25, 0.3) is 5.56 Å². The van der Waals surface area contributed by atoms with Crippen molar-refractivity contribution in [2.45, 2.75) is 19.4 Å². The number of hydrogen-bond donors (Lipinski definition) is 2. The van der Waals surface area contributed by atoms with Crippen LogP contribution in [0, 0.1) is 0 Å². The Morgan fingerprint density at radius 2 is 2.40 bits per heavy atom. The molecule has 3 N–H and O–H groups in total. The third-order valence-corrected chi connectivity index (χ3v) is 3.69. The van der Waals surface area contributed by atoms with Gasteiger partial charge in [0.05, 0.1) is 30.2 Å². The number of anilines is 2. The molecule has 0 amide bonds. The van der Waals surface area contributed by atoms with E-state index in [1.165, 1.54) is 0 Å². The van der Waals surface area contributed by atoms with Crippen LogP contribution in [0.25, 0.3) is 10.9 Å². The van der Waals surface area contributed by atoms with Crippen LogP contribution in [0.15, 0.2) is 23.0 Å². The number of nitrogens with two attached hydrogens (primary N) is 1. The smallest absolute Gasteiger partial charge is 0.260 e. The highest BCUT2D eigenvalue weighted by atomic mass is 16.5. The molecule has 2 aromatic rings. The maximum absolute atomic E-state index is 12.2. The Kier molecular flexibility index (Phi) is 3.31. The van der Waals surface area contributed by atoms with Gasteiger partial charge in [0, 0.05) is 12.2 Å². The van der Waals surface area contributed by atoms with E-state index in [9.17, 15) is 4.79 Å². The highest BCUT2D eigenvalue weighted by Gasteiger charge is 2.23. The van der Waals surface area contributed by atoms with E-state index < -0.39 is 0 Å². The molecule has 6 nitrogen and oxygen atoms in total. The van der Waals surface area contributed by atoms with Crippen LogP contribution in [-0.4, -0.2) is 35.8 Å². The first-order valence-electron chi connectivity index (χ1n) is 6.83. The molecular formula is C14H18N4O2. The number of aromatic nitrogens is 2. The Morgan fingerprint density at radius 3 is 3.20 bits per heavy atom. The van der Waals surface area contributed by atoms with E-state index in [2.05, 4.69) is 21.8 Å². The summed E-state index contributed by atoms with van der Waals surface area (Å²) in [4.78, 5) is 21.7. The first-order valence-corrected chi connectivity index (χ1v) is 6.83. The van der Waals surface area contributed by atoms with Crippen molar-refractivity contribution in [3.05, 3.63) is 28.6 Å². The number of benzene rings is 1. The van der Waals surface area contributed by atoms with Gasteiger partial charge in [0.1, 0.15) is 0 Å². The summed E-state index contributed by atoms with van der Waals surface area (Å²) in [6.45, 7) is 4.16. The maximum Gasteiger partial charge on any atom is 0.260 e. The van der Waals surface area contributed by atoms with Gasteiger partial charge in [-0.15, -0.1) is 0 Å². The molecule has 0 radical (unpaired) electrons. The van der Waals surface area contributed by atoms with Crippen molar-refractivity contribution in [3.63, 3.8) is 0 Å². The van der Waals surface area contributed by atoms with Crippen molar-refractivity contribution in [3.8, 4) is 0 Å². The lowest BCUT2D eigenvalue weighted by atomic mass is 10.2. The summed E-state index contributed by atoms with van der Waals surface area (Å²) in [5.41, 5.74) is 6.79. The number of nitrogens with zero attached hydrogens (tertiary/aromatic N) is 2. The van der Waals surface area contributed by atoms with Gasteiger partial charge in [-0.25, -0.2) is 4.98 Å². The molecule has 1 fully saturated rings. The Bertz CT molecular complexity index is 682. The monoisotopic (exact) mass is 274 g/mol. The molecule has 0 bridgehead atoms. The van der Waals surface area contributed by atoms with Gasteiger partial charge in [-0.1, -0.05) is 6.92 Å². The number of hydrogen-bond acceptors (Lipinski definition) is 5. The fraction of sp³-hybridized carbons (Fsp3) is 0.429. The van der Waals surface area contributed by atoms with E-state index in [1.54, 1.807) is 18.2 Å². The van der Waals surface area contributed by atoms with Crippen molar-refractivity contribution in [1.29, 1.82) is 0 Å². The minimum atomic E-state index is -0.154. The van der Waals surface area contributed by atoms with Gasteiger partial charge in [-0.3, -0.25) is 9.78 Å². The average molecular weight is 274 g/mol. The molecule has 0 spiro atoms. The van der Waals surface area contributed by atoms with Crippen LogP contribution in [0.1, 0.15) is 13.3 Å². The van der Waals surface area contributed by atoms with Crippen LogP contribution in [0.2, 0.25) is 0 Å². The quantitative estimate of drug-likeness (QED) is 0.802. The second kappa shape index (κ2) is 5.13. The van der Waals surface area contributed by atoms with Gasteiger partial charge in [-0.05, 0) is 24.6 Å². The zero-order valence-corrected chi connectivity index (χ0v) is 11.4. The van der Waals surface area contributed by atoms with Crippen LogP contribution in [0.3, 0.4) is 0 Å². The van der Waals surface area contributed by atoms with E-state index in [0.717, 1.165) is 13.0 Å². The summed E-state index contributed by atoms with van der Waals surface area (Å²) in [5.74, 6) is 0.613. The average Bonchev–Trinajstić information content (AvgIpc) is 2.47. The maximum atomic E-state index is 12.2. The van der Waals surface area contributed by atoms with Crippen LogP contribution in [0.4, 0.5) is 11.6 Å². The fourth-order valence-electron chi connectivity index (χ4n) is 2.55. The van der Waals surface area contributed by atoms with E-state index >= 15 is 0 Å². The first-order chi connectivity index (χ1) is 9.69. The molecule has 106 valence electrons. The molecule has 1 aromatic heterocycles. The zero-order chi connectivity index (χ0) is 14.1. The van der Waals surface area contributed by atoms with Crippen molar-refractivity contribution >= 4 is 22.5 Å². The Labute approximate surface area is 116 Å². The molecule has 1 aromatic carbocycles. The van der Waals surface area contributed by atoms with Crippen LogP contribution < -0.4 is 16.2 Å². The number of H-pyrrole nitrogens is 1. The summed E-state index contributed by atoms with van der Waals surface area (Å²) >= 11 is 0. The van der Waals surface area contributed by atoms with E-state index in [0.29, 0.717) is 35.8 Å².